The molecule has 5 heteroatoms. The Labute approximate surface area is 217 Å². The summed E-state index contributed by atoms with van der Waals surface area (Å²) >= 11 is 5.48. The van der Waals surface area contributed by atoms with Gasteiger partial charge < -0.3 is 0 Å². The molecule has 1 aliphatic rings. The van der Waals surface area contributed by atoms with Crippen molar-refractivity contribution in [2.24, 2.45) is 0 Å². The summed E-state index contributed by atoms with van der Waals surface area (Å²) < 4.78 is 1.10. The fraction of sp³-hybridized carbons (Fsp3) is 0.100. The third-order valence-corrected chi connectivity index (χ3v) is 8.09. The quantitative estimate of drug-likeness (QED) is 0.232. The summed E-state index contributed by atoms with van der Waals surface area (Å²) in [6.07, 6.45) is 0. The highest BCUT2D eigenvalue weighted by atomic mass is 79.9. The van der Waals surface area contributed by atoms with Crippen LogP contribution in [0.25, 0.3) is 34.2 Å². The molecule has 6 rings (SSSR count). The van der Waals surface area contributed by atoms with Gasteiger partial charge in [0.1, 0.15) is 0 Å². The van der Waals surface area contributed by atoms with E-state index in [1.54, 1.807) is 0 Å². The topological polar surface area (TPSA) is 38.7 Å². The molecule has 0 unspecified atom stereocenters. The standard InChI is InChI=1S/C30H22BrN3S/c1-30(2)23-17-21(13-15-25(23)35-26-16-14-22(31)18-24(26)30)29-33-27(19-9-5-3-6-10-19)32-28(34-29)20-11-7-4-8-12-20/h3-18H,1-2H3. The fourth-order valence-electron chi connectivity index (χ4n) is 4.53. The van der Waals surface area contributed by atoms with Crippen LogP contribution < -0.4 is 0 Å². The van der Waals surface area contributed by atoms with Crippen molar-refractivity contribution in [1.29, 1.82) is 0 Å². The lowest BCUT2D eigenvalue weighted by molar-refractivity contribution is 0.607. The molecule has 170 valence electrons. The Hall–Kier alpha value is -3.28. The van der Waals surface area contributed by atoms with Crippen molar-refractivity contribution in [2.75, 3.05) is 0 Å². The van der Waals surface area contributed by atoms with Gasteiger partial charge >= 0.3 is 0 Å². The summed E-state index contributed by atoms with van der Waals surface area (Å²) in [5, 5.41) is 0. The van der Waals surface area contributed by atoms with Crippen LogP contribution in [0.4, 0.5) is 0 Å². The molecule has 3 nitrogen and oxygen atoms in total. The molecule has 4 aromatic carbocycles. The van der Waals surface area contributed by atoms with Gasteiger partial charge in [0.2, 0.25) is 0 Å². The highest BCUT2D eigenvalue weighted by molar-refractivity contribution is 9.10. The molecule has 0 aliphatic carbocycles. The molecular formula is C30H22BrN3S. The third kappa shape index (κ3) is 4.09. The van der Waals surface area contributed by atoms with E-state index >= 15 is 0 Å². The molecule has 0 saturated carbocycles. The first-order chi connectivity index (χ1) is 17.0. The van der Waals surface area contributed by atoms with Crippen LogP contribution in [0.1, 0.15) is 25.0 Å². The second-order valence-corrected chi connectivity index (χ2v) is 11.1. The van der Waals surface area contributed by atoms with Crippen molar-refractivity contribution in [3.63, 3.8) is 0 Å². The van der Waals surface area contributed by atoms with Crippen molar-refractivity contribution < 1.29 is 0 Å². The maximum absolute atomic E-state index is 4.92. The number of benzene rings is 4. The first-order valence-electron chi connectivity index (χ1n) is 11.5. The number of hydrogen-bond donors (Lipinski definition) is 0. The molecule has 35 heavy (non-hydrogen) atoms. The van der Waals surface area contributed by atoms with Gasteiger partial charge in [-0.3, -0.25) is 0 Å². The van der Waals surface area contributed by atoms with Crippen LogP contribution in [-0.4, -0.2) is 15.0 Å². The van der Waals surface area contributed by atoms with E-state index in [0.29, 0.717) is 17.5 Å². The minimum Gasteiger partial charge on any atom is -0.208 e. The molecule has 0 N–H and O–H groups in total. The zero-order valence-corrected chi connectivity index (χ0v) is 21.8. The monoisotopic (exact) mass is 535 g/mol. The maximum Gasteiger partial charge on any atom is 0.164 e. The Kier molecular flexibility index (Phi) is 5.54. The first kappa shape index (κ1) is 22.2. The van der Waals surface area contributed by atoms with Gasteiger partial charge in [-0.15, -0.1) is 0 Å². The predicted molar refractivity (Wildman–Crippen MR) is 147 cm³/mol. The van der Waals surface area contributed by atoms with Crippen LogP contribution in [0, 0.1) is 0 Å². The smallest absolute Gasteiger partial charge is 0.164 e. The van der Waals surface area contributed by atoms with Gasteiger partial charge in [0, 0.05) is 36.4 Å². The van der Waals surface area contributed by atoms with E-state index in [2.05, 4.69) is 66.2 Å². The number of fused-ring (bicyclic) bond motifs is 2. The number of aromatic nitrogens is 3. The van der Waals surface area contributed by atoms with Crippen molar-refractivity contribution in [3.05, 3.63) is 113 Å². The van der Waals surface area contributed by atoms with Gasteiger partial charge in [0.05, 0.1) is 0 Å². The van der Waals surface area contributed by atoms with E-state index in [4.69, 9.17) is 15.0 Å². The van der Waals surface area contributed by atoms with Crippen LogP contribution in [0.5, 0.6) is 0 Å². The van der Waals surface area contributed by atoms with Crippen molar-refractivity contribution in [3.8, 4) is 34.2 Å². The van der Waals surface area contributed by atoms with Crippen molar-refractivity contribution >= 4 is 27.7 Å². The predicted octanol–water partition coefficient (Wildman–Crippen LogP) is 8.43. The summed E-state index contributed by atoms with van der Waals surface area (Å²) in [6, 6.07) is 33.3. The molecular weight excluding hydrogens is 514 g/mol. The van der Waals surface area contributed by atoms with Gasteiger partial charge in [0.25, 0.3) is 0 Å². The second kappa shape index (κ2) is 8.74. The van der Waals surface area contributed by atoms with Crippen molar-refractivity contribution in [1.82, 2.24) is 15.0 Å². The average Bonchev–Trinajstić information content (AvgIpc) is 2.90. The van der Waals surface area contributed by atoms with E-state index in [1.807, 2.05) is 72.4 Å². The molecule has 1 aliphatic heterocycles. The molecule has 0 radical (unpaired) electrons. The second-order valence-electron chi connectivity index (χ2n) is 9.12. The Morgan fingerprint density at radius 1 is 0.571 bits per heavy atom. The first-order valence-corrected chi connectivity index (χ1v) is 13.1. The number of rotatable bonds is 3. The largest absolute Gasteiger partial charge is 0.208 e. The maximum atomic E-state index is 4.92. The van der Waals surface area contributed by atoms with E-state index in [-0.39, 0.29) is 5.41 Å². The van der Waals surface area contributed by atoms with E-state index < -0.39 is 0 Å². The highest BCUT2D eigenvalue weighted by Gasteiger charge is 2.33. The van der Waals surface area contributed by atoms with Gasteiger partial charge in [-0.25, -0.2) is 15.0 Å². The minimum atomic E-state index is -0.146. The summed E-state index contributed by atoms with van der Waals surface area (Å²) in [5.74, 6) is 2.03. The third-order valence-electron chi connectivity index (χ3n) is 6.45. The zero-order valence-electron chi connectivity index (χ0n) is 19.4. The Morgan fingerprint density at radius 2 is 1.06 bits per heavy atom. The Bertz CT molecular complexity index is 1490. The minimum absolute atomic E-state index is 0.146. The number of halogens is 1. The lowest BCUT2D eigenvalue weighted by Gasteiger charge is -2.35. The van der Waals surface area contributed by atoms with Gasteiger partial charge in [-0.1, -0.05) is 108 Å². The molecule has 0 amide bonds. The molecule has 0 atom stereocenters. The normalized spacial score (nSPS) is 13.7. The lowest BCUT2D eigenvalue weighted by atomic mass is 9.77. The number of nitrogens with zero attached hydrogens (tertiary/aromatic N) is 3. The van der Waals surface area contributed by atoms with Crippen LogP contribution in [0.15, 0.2) is 111 Å². The summed E-state index contributed by atoms with van der Waals surface area (Å²) in [7, 11) is 0. The Balaban J connectivity index is 1.52. The fourth-order valence-corrected chi connectivity index (χ4v) is 6.25. The molecule has 1 aromatic heterocycles. The SMILES string of the molecule is CC1(C)c2cc(Br)ccc2Sc2ccc(-c3nc(-c4ccccc4)nc(-c4ccccc4)n3)cc21. The molecule has 0 fully saturated rings. The molecule has 5 aromatic rings. The van der Waals surface area contributed by atoms with Crippen LogP contribution >= 0.6 is 27.7 Å². The van der Waals surface area contributed by atoms with Gasteiger partial charge in [-0.05, 0) is 41.5 Å². The summed E-state index contributed by atoms with van der Waals surface area (Å²) in [5.41, 5.74) is 5.41. The Morgan fingerprint density at radius 3 is 1.63 bits per heavy atom. The molecule has 0 spiro atoms. The summed E-state index contributed by atoms with van der Waals surface area (Å²) in [4.78, 5) is 17.2. The van der Waals surface area contributed by atoms with Gasteiger partial charge in [0.15, 0.2) is 17.5 Å². The van der Waals surface area contributed by atoms with E-state index in [0.717, 1.165) is 21.2 Å². The van der Waals surface area contributed by atoms with E-state index in [9.17, 15) is 0 Å². The highest BCUT2D eigenvalue weighted by Crippen LogP contribution is 2.50. The number of hydrogen-bond acceptors (Lipinski definition) is 4. The van der Waals surface area contributed by atoms with Crippen LogP contribution in [0.2, 0.25) is 0 Å². The van der Waals surface area contributed by atoms with Crippen LogP contribution in [-0.2, 0) is 5.41 Å². The molecule has 0 bridgehead atoms. The average molecular weight is 536 g/mol. The van der Waals surface area contributed by atoms with E-state index in [1.165, 1.54) is 20.9 Å². The lowest BCUT2D eigenvalue weighted by Crippen LogP contribution is -2.23. The van der Waals surface area contributed by atoms with Gasteiger partial charge in [-0.2, -0.15) is 0 Å². The zero-order chi connectivity index (χ0) is 24.0. The summed E-state index contributed by atoms with van der Waals surface area (Å²) in [6.45, 7) is 4.58. The molecule has 2 heterocycles. The van der Waals surface area contributed by atoms with Crippen LogP contribution in [0.3, 0.4) is 0 Å². The van der Waals surface area contributed by atoms with Crippen molar-refractivity contribution in [2.45, 2.75) is 29.1 Å². The molecule has 0 saturated heterocycles.